The summed E-state index contributed by atoms with van der Waals surface area (Å²) < 4.78 is 2.01. The molecule has 0 aliphatic rings. The third-order valence-electron chi connectivity index (χ3n) is 7.90. The van der Waals surface area contributed by atoms with E-state index in [0.29, 0.717) is 5.82 Å². The van der Waals surface area contributed by atoms with Crippen LogP contribution in [0, 0.1) is 6.92 Å². The highest BCUT2D eigenvalue weighted by molar-refractivity contribution is 5.89. The number of benzene rings is 5. The van der Waals surface area contributed by atoms with Crippen molar-refractivity contribution < 1.29 is 0 Å². The maximum atomic E-state index is 5.08. The number of nitrogens with zero attached hydrogens (tertiary/aromatic N) is 5. The Morgan fingerprint density at radius 3 is 1.64 bits per heavy atom. The molecular weight excluding hydrogens is 514 g/mol. The Bertz CT molecular complexity index is 2170. The van der Waals surface area contributed by atoms with Crippen molar-refractivity contribution in [2.24, 2.45) is 0 Å². The van der Waals surface area contributed by atoms with Gasteiger partial charge in [-0.1, -0.05) is 97.1 Å². The van der Waals surface area contributed by atoms with E-state index in [1.54, 1.807) is 12.5 Å². The zero-order chi connectivity index (χ0) is 28.0. The summed E-state index contributed by atoms with van der Waals surface area (Å²) in [4.78, 5) is 19.2. The van der Waals surface area contributed by atoms with Gasteiger partial charge in [0, 0.05) is 34.1 Å². The Hall–Kier alpha value is -5.68. The van der Waals surface area contributed by atoms with Crippen molar-refractivity contribution >= 4 is 27.2 Å². The van der Waals surface area contributed by atoms with Crippen LogP contribution in [0.2, 0.25) is 0 Å². The van der Waals surface area contributed by atoms with E-state index >= 15 is 0 Å². The zero-order valence-electron chi connectivity index (χ0n) is 22.9. The van der Waals surface area contributed by atoms with E-state index in [4.69, 9.17) is 15.0 Å². The zero-order valence-corrected chi connectivity index (χ0v) is 22.9. The van der Waals surface area contributed by atoms with Crippen molar-refractivity contribution in [2.45, 2.75) is 6.92 Å². The SMILES string of the molecule is Cc1c(-c2ccc(-c3nc(-c4ccc5ccccc5c4)cc(-c4ccc5ccccc5c4)n3)cc2)nc2ccncn12. The molecule has 0 aliphatic carbocycles. The first kappa shape index (κ1) is 24.1. The van der Waals surface area contributed by atoms with Gasteiger partial charge in [0.15, 0.2) is 5.82 Å². The summed E-state index contributed by atoms with van der Waals surface area (Å²) >= 11 is 0. The van der Waals surface area contributed by atoms with Crippen LogP contribution in [0.4, 0.5) is 0 Å². The van der Waals surface area contributed by atoms with Gasteiger partial charge in [-0.25, -0.2) is 19.9 Å². The van der Waals surface area contributed by atoms with Crippen LogP contribution in [-0.2, 0) is 0 Å². The highest BCUT2D eigenvalue weighted by Crippen LogP contribution is 2.32. The lowest BCUT2D eigenvalue weighted by Gasteiger charge is -2.11. The topological polar surface area (TPSA) is 56.0 Å². The van der Waals surface area contributed by atoms with Crippen LogP contribution in [0.25, 0.3) is 72.4 Å². The Kier molecular flexibility index (Phi) is 5.61. The molecule has 198 valence electrons. The van der Waals surface area contributed by atoms with E-state index in [2.05, 4.69) is 127 Å². The normalized spacial score (nSPS) is 11.5. The minimum atomic E-state index is 0.686. The van der Waals surface area contributed by atoms with Gasteiger partial charge >= 0.3 is 0 Å². The average molecular weight is 540 g/mol. The van der Waals surface area contributed by atoms with Gasteiger partial charge in [-0.15, -0.1) is 0 Å². The van der Waals surface area contributed by atoms with Gasteiger partial charge in [-0.2, -0.15) is 0 Å². The summed E-state index contributed by atoms with van der Waals surface area (Å²) in [6, 6.07) is 42.2. The molecule has 0 saturated heterocycles. The Balaban J connectivity index is 1.26. The summed E-state index contributed by atoms with van der Waals surface area (Å²) in [6.45, 7) is 2.07. The Labute approximate surface area is 242 Å². The molecule has 8 aromatic rings. The largest absolute Gasteiger partial charge is 0.287 e. The van der Waals surface area contributed by atoms with Crippen molar-refractivity contribution in [3.8, 4) is 45.2 Å². The second kappa shape index (κ2) is 9.75. The number of aryl methyl sites for hydroxylation is 1. The van der Waals surface area contributed by atoms with Gasteiger partial charge in [0.1, 0.15) is 12.0 Å². The van der Waals surface area contributed by atoms with Gasteiger partial charge in [-0.05, 0) is 52.7 Å². The molecule has 42 heavy (non-hydrogen) atoms. The van der Waals surface area contributed by atoms with Crippen molar-refractivity contribution in [3.05, 3.63) is 140 Å². The smallest absolute Gasteiger partial charge is 0.160 e. The molecule has 0 fully saturated rings. The third kappa shape index (κ3) is 4.19. The van der Waals surface area contributed by atoms with Gasteiger partial charge in [-0.3, -0.25) is 4.40 Å². The Morgan fingerprint density at radius 2 is 1.05 bits per heavy atom. The first-order chi connectivity index (χ1) is 20.7. The van der Waals surface area contributed by atoms with Crippen molar-refractivity contribution in [2.75, 3.05) is 0 Å². The fraction of sp³-hybridized carbons (Fsp3) is 0.0270. The van der Waals surface area contributed by atoms with E-state index < -0.39 is 0 Å². The fourth-order valence-corrected chi connectivity index (χ4v) is 5.63. The molecular formula is C37H25N5. The summed E-state index contributed by atoms with van der Waals surface area (Å²) in [5.74, 6) is 0.686. The van der Waals surface area contributed by atoms with E-state index in [0.717, 1.165) is 50.7 Å². The van der Waals surface area contributed by atoms with Crippen molar-refractivity contribution in [1.82, 2.24) is 24.3 Å². The lowest BCUT2D eigenvalue weighted by molar-refractivity contribution is 1.04. The van der Waals surface area contributed by atoms with Gasteiger partial charge in [0.05, 0.1) is 17.1 Å². The first-order valence-corrected chi connectivity index (χ1v) is 14.0. The molecule has 0 aliphatic heterocycles. The molecule has 0 bridgehead atoms. The molecule has 8 rings (SSSR count). The molecule has 0 radical (unpaired) electrons. The van der Waals surface area contributed by atoms with Crippen LogP contribution >= 0.6 is 0 Å². The number of hydrogen-bond acceptors (Lipinski definition) is 4. The third-order valence-corrected chi connectivity index (χ3v) is 7.90. The molecule has 0 N–H and O–H groups in total. The molecule has 0 unspecified atom stereocenters. The van der Waals surface area contributed by atoms with E-state index in [-0.39, 0.29) is 0 Å². The maximum absolute atomic E-state index is 5.08. The highest BCUT2D eigenvalue weighted by atomic mass is 15.1. The second-order valence-corrected chi connectivity index (χ2v) is 10.5. The summed E-state index contributed by atoms with van der Waals surface area (Å²) in [5.41, 5.74) is 8.77. The minimum absolute atomic E-state index is 0.686. The van der Waals surface area contributed by atoms with Crippen LogP contribution in [0.3, 0.4) is 0 Å². The molecule has 0 atom stereocenters. The molecule has 5 nitrogen and oxygen atoms in total. The standard InChI is InChI=1S/C37H25N5/c1-24-36(41-35-18-19-38-23-42(24)35)27-12-14-28(15-13-27)37-39-33(31-16-10-25-6-2-4-8-29(25)20-31)22-34(40-37)32-17-11-26-7-3-5-9-30(26)21-32/h2-23H,1H3. The minimum Gasteiger partial charge on any atom is -0.287 e. The van der Waals surface area contributed by atoms with E-state index in [1.807, 2.05) is 10.5 Å². The van der Waals surface area contributed by atoms with Crippen LogP contribution < -0.4 is 0 Å². The number of fused-ring (bicyclic) bond motifs is 3. The van der Waals surface area contributed by atoms with Gasteiger partial charge in [0.2, 0.25) is 0 Å². The predicted molar refractivity (Wildman–Crippen MR) is 170 cm³/mol. The van der Waals surface area contributed by atoms with Crippen LogP contribution in [-0.4, -0.2) is 24.3 Å². The van der Waals surface area contributed by atoms with Crippen LogP contribution in [0.1, 0.15) is 5.69 Å². The number of hydrogen-bond donors (Lipinski definition) is 0. The van der Waals surface area contributed by atoms with E-state index in [9.17, 15) is 0 Å². The lowest BCUT2D eigenvalue weighted by atomic mass is 10.0. The summed E-state index contributed by atoms with van der Waals surface area (Å²) in [7, 11) is 0. The molecule has 5 aromatic carbocycles. The van der Waals surface area contributed by atoms with Gasteiger partial charge in [0.25, 0.3) is 0 Å². The lowest BCUT2D eigenvalue weighted by Crippen LogP contribution is -1.96. The molecule has 3 heterocycles. The average Bonchev–Trinajstić information content (AvgIpc) is 3.40. The highest BCUT2D eigenvalue weighted by Gasteiger charge is 2.14. The van der Waals surface area contributed by atoms with E-state index in [1.165, 1.54) is 21.5 Å². The number of rotatable bonds is 4. The number of aromatic nitrogens is 5. The predicted octanol–water partition coefficient (Wildman–Crippen LogP) is 8.80. The molecule has 0 amide bonds. The van der Waals surface area contributed by atoms with Crippen molar-refractivity contribution in [1.29, 1.82) is 0 Å². The van der Waals surface area contributed by atoms with Gasteiger partial charge < -0.3 is 0 Å². The van der Waals surface area contributed by atoms with Crippen LogP contribution in [0.5, 0.6) is 0 Å². The molecule has 3 aromatic heterocycles. The van der Waals surface area contributed by atoms with Crippen LogP contribution in [0.15, 0.2) is 134 Å². The maximum Gasteiger partial charge on any atom is 0.160 e. The Morgan fingerprint density at radius 1 is 0.500 bits per heavy atom. The fourth-order valence-electron chi connectivity index (χ4n) is 5.63. The molecule has 0 saturated carbocycles. The molecule has 5 heteroatoms. The number of imidazole rings is 1. The summed E-state index contributed by atoms with van der Waals surface area (Å²) in [5, 5.41) is 4.78. The quantitative estimate of drug-likeness (QED) is 0.224. The molecule has 0 spiro atoms. The van der Waals surface area contributed by atoms with Crippen molar-refractivity contribution in [3.63, 3.8) is 0 Å². The monoisotopic (exact) mass is 539 g/mol. The summed E-state index contributed by atoms with van der Waals surface area (Å²) in [6.07, 6.45) is 3.57. The first-order valence-electron chi connectivity index (χ1n) is 14.0. The second-order valence-electron chi connectivity index (χ2n) is 10.5.